The molecule has 4 rings (SSSR count). The normalized spacial score (nSPS) is 11.7. The molecule has 0 aliphatic heterocycles. The number of nitrogens with zero attached hydrogens (tertiary/aromatic N) is 1. The molecule has 2 N–H and O–H groups in total. The van der Waals surface area contributed by atoms with Crippen LogP contribution in [0.4, 0.5) is 0 Å². The van der Waals surface area contributed by atoms with Crippen molar-refractivity contribution in [3.63, 3.8) is 0 Å². The van der Waals surface area contributed by atoms with Crippen molar-refractivity contribution in [3.05, 3.63) is 83.4 Å². The van der Waals surface area contributed by atoms with Crippen LogP contribution in [0.3, 0.4) is 0 Å². The van der Waals surface area contributed by atoms with Gasteiger partial charge >= 0.3 is 0 Å². The van der Waals surface area contributed by atoms with Crippen LogP contribution >= 0.6 is 11.3 Å². The molecule has 6 heteroatoms. The number of fused-ring (bicyclic) bond motifs is 1. The molecule has 0 aliphatic rings. The highest BCUT2D eigenvalue weighted by Crippen LogP contribution is 2.26. The Labute approximate surface area is 156 Å². The van der Waals surface area contributed by atoms with E-state index < -0.39 is 10.0 Å². The van der Waals surface area contributed by atoms with Crippen LogP contribution in [-0.4, -0.2) is 13.4 Å². The highest BCUT2D eigenvalue weighted by atomic mass is 32.2. The molecule has 130 valence electrons. The van der Waals surface area contributed by atoms with Gasteiger partial charge in [0.2, 0.25) is 10.0 Å². The first-order valence-electron chi connectivity index (χ1n) is 8.04. The SMILES string of the molecule is NS(=O)(=O)c1ccc(-c2nc(Cc3ccc4ccccc4c3)cs2)cc1. The second-order valence-electron chi connectivity index (χ2n) is 6.07. The summed E-state index contributed by atoms with van der Waals surface area (Å²) in [6.07, 6.45) is 0.761. The zero-order chi connectivity index (χ0) is 18.1. The van der Waals surface area contributed by atoms with Crippen LogP contribution in [-0.2, 0) is 16.4 Å². The van der Waals surface area contributed by atoms with E-state index in [4.69, 9.17) is 5.14 Å². The fourth-order valence-electron chi connectivity index (χ4n) is 2.87. The number of benzene rings is 3. The van der Waals surface area contributed by atoms with E-state index in [2.05, 4.69) is 35.3 Å². The second kappa shape index (κ2) is 6.64. The third-order valence-corrected chi connectivity index (χ3v) is 6.05. The summed E-state index contributed by atoms with van der Waals surface area (Å²) in [6.45, 7) is 0. The maximum atomic E-state index is 11.3. The molecular formula is C20H16N2O2S2. The van der Waals surface area contributed by atoms with Gasteiger partial charge in [0.15, 0.2) is 0 Å². The van der Waals surface area contributed by atoms with Crippen LogP contribution in [0.1, 0.15) is 11.3 Å². The monoisotopic (exact) mass is 380 g/mol. The Morgan fingerprint density at radius 2 is 1.65 bits per heavy atom. The van der Waals surface area contributed by atoms with Crippen molar-refractivity contribution in [1.29, 1.82) is 0 Å². The molecule has 0 radical (unpaired) electrons. The van der Waals surface area contributed by atoms with E-state index in [0.717, 1.165) is 22.7 Å². The third-order valence-electron chi connectivity index (χ3n) is 4.18. The molecule has 0 fully saturated rings. The predicted molar refractivity (Wildman–Crippen MR) is 106 cm³/mol. The molecule has 1 aromatic heterocycles. The molecular weight excluding hydrogens is 364 g/mol. The summed E-state index contributed by atoms with van der Waals surface area (Å²) in [5.74, 6) is 0. The first kappa shape index (κ1) is 16.9. The molecule has 0 aliphatic carbocycles. The van der Waals surface area contributed by atoms with Gasteiger partial charge in [-0.15, -0.1) is 11.3 Å². The number of nitrogens with two attached hydrogens (primary N) is 1. The van der Waals surface area contributed by atoms with Gasteiger partial charge in [0.1, 0.15) is 5.01 Å². The van der Waals surface area contributed by atoms with Gasteiger partial charge in [-0.2, -0.15) is 0 Å². The molecule has 0 saturated heterocycles. The van der Waals surface area contributed by atoms with E-state index in [0.29, 0.717) is 0 Å². The maximum Gasteiger partial charge on any atom is 0.238 e. The third kappa shape index (κ3) is 3.53. The Hall–Kier alpha value is -2.54. The van der Waals surface area contributed by atoms with E-state index in [1.807, 2.05) is 17.5 Å². The van der Waals surface area contributed by atoms with Crippen LogP contribution in [0.2, 0.25) is 0 Å². The lowest BCUT2D eigenvalue weighted by Gasteiger charge is -2.02. The fraction of sp³-hybridized carbons (Fsp3) is 0.0500. The average Bonchev–Trinajstić information content (AvgIpc) is 3.09. The fourth-order valence-corrected chi connectivity index (χ4v) is 4.21. The first-order chi connectivity index (χ1) is 12.5. The molecule has 0 bridgehead atoms. The van der Waals surface area contributed by atoms with Gasteiger partial charge < -0.3 is 0 Å². The molecule has 4 nitrogen and oxygen atoms in total. The molecule has 26 heavy (non-hydrogen) atoms. The standard InChI is InChI=1S/C20H16N2O2S2/c21-26(23,24)19-9-7-16(8-10-19)20-22-18(13-25-20)12-14-5-6-15-3-1-2-4-17(15)11-14/h1-11,13H,12H2,(H2,21,23,24). The summed E-state index contributed by atoms with van der Waals surface area (Å²) in [6, 6.07) is 21.2. The lowest BCUT2D eigenvalue weighted by atomic mass is 10.0. The molecule has 4 aromatic rings. The average molecular weight is 380 g/mol. The van der Waals surface area contributed by atoms with Crippen LogP contribution in [0.25, 0.3) is 21.3 Å². The Morgan fingerprint density at radius 3 is 2.38 bits per heavy atom. The van der Waals surface area contributed by atoms with Crippen molar-refractivity contribution in [1.82, 2.24) is 4.98 Å². The minimum atomic E-state index is -3.67. The summed E-state index contributed by atoms with van der Waals surface area (Å²) in [5.41, 5.74) is 3.09. The summed E-state index contributed by atoms with van der Waals surface area (Å²) in [7, 11) is -3.67. The smallest absolute Gasteiger partial charge is 0.238 e. The zero-order valence-corrected chi connectivity index (χ0v) is 15.4. The predicted octanol–water partition coefficient (Wildman–Crippen LogP) is 4.20. The topological polar surface area (TPSA) is 73.1 Å². The molecule has 0 atom stereocenters. The minimum absolute atomic E-state index is 0.106. The lowest BCUT2D eigenvalue weighted by Crippen LogP contribution is -2.11. The van der Waals surface area contributed by atoms with Crippen LogP contribution in [0, 0.1) is 0 Å². The van der Waals surface area contributed by atoms with Crippen LogP contribution in [0.5, 0.6) is 0 Å². The second-order valence-corrected chi connectivity index (χ2v) is 8.49. The van der Waals surface area contributed by atoms with Crippen molar-refractivity contribution in [3.8, 4) is 10.6 Å². The minimum Gasteiger partial charge on any atom is -0.241 e. The Kier molecular flexibility index (Phi) is 4.32. The van der Waals surface area contributed by atoms with E-state index >= 15 is 0 Å². The Balaban J connectivity index is 1.57. The van der Waals surface area contributed by atoms with Gasteiger partial charge in [0.05, 0.1) is 10.6 Å². The number of thiazole rings is 1. The first-order valence-corrected chi connectivity index (χ1v) is 10.5. The number of sulfonamides is 1. The molecule has 0 spiro atoms. The lowest BCUT2D eigenvalue weighted by molar-refractivity contribution is 0.598. The molecule has 0 amide bonds. The van der Waals surface area contributed by atoms with E-state index in [9.17, 15) is 8.42 Å². The van der Waals surface area contributed by atoms with Gasteiger partial charge in [-0.3, -0.25) is 0 Å². The van der Waals surface area contributed by atoms with E-state index in [1.165, 1.54) is 28.5 Å². The van der Waals surface area contributed by atoms with Crippen LogP contribution in [0.15, 0.2) is 77.0 Å². The largest absolute Gasteiger partial charge is 0.241 e. The van der Waals surface area contributed by atoms with Crippen molar-refractivity contribution < 1.29 is 8.42 Å². The van der Waals surface area contributed by atoms with Gasteiger partial charge in [-0.05, 0) is 28.5 Å². The van der Waals surface area contributed by atoms with Gasteiger partial charge in [0.25, 0.3) is 0 Å². The quantitative estimate of drug-likeness (QED) is 0.577. The van der Waals surface area contributed by atoms with Gasteiger partial charge in [-0.25, -0.2) is 18.5 Å². The molecule has 0 unspecified atom stereocenters. The molecule has 3 aromatic carbocycles. The van der Waals surface area contributed by atoms with Crippen molar-refractivity contribution >= 4 is 32.1 Å². The van der Waals surface area contributed by atoms with Crippen molar-refractivity contribution in [2.24, 2.45) is 5.14 Å². The number of hydrogen-bond acceptors (Lipinski definition) is 4. The molecule has 0 saturated carbocycles. The Morgan fingerprint density at radius 1 is 0.923 bits per heavy atom. The van der Waals surface area contributed by atoms with Crippen molar-refractivity contribution in [2.45, 2.75) is 11.3 Å². The summed E-state index contributed by atoms with van der Waals surface area (Å²) >= 11 is 1.55. The number of primary sulfonamides is 1. The summed E-state index contributed by atoms with van der Waals surface area (Å²) in [5, 5.41) is 10.5. The number of hydrogen-bond donors (Lipinski definition) is 1. The van der Waals surface area contributed by atoms with E-state index in [1.54, 1.807) is 23.5 Å². The van der Waals surface area contributed by atoms with E-state index in [-0.39, 0.29) is 4.90 Å². The van der Waals surface area contributed by atoms with Crippen molar-refractivity contribution in [2.75, 3.05) is 0 Å². The zero-order valence-electron chi connectivity index (χ0n) is 13.8. The number of aromatic nitrogens is 1. The maximum absolute atomic E-state index is 11.3. The number of rotatable bonds is 4. The Bertz CT molecular complexity index is 1180. The van der Waals surface area contributed by atoms with Gasteiger partial charge in [0, 0.05) is 17.4 Å². The summed E-state index contributed by atoms with van der Waals surface area (Å²) in [4.78, 5) is 4.79. The summed E-state index contributed by atoms with van der Waals surface area (Å²) < 4.78 is 22.7. The van der Waals surface area contributed by atoms with Gasteiger partial charge in [-0.1, -0.05) is 54.6 Å². The highest BCUT2D eigenvalue weighted by Gasteiger charge is 2.10. The highest BCUT2D eigenvalue weighted by molar-refractivity contribution is 7.89. The molecule has 1 heterocycles. The van der Waals surface area contributed by atoms with Crippen LogP contribution < -0.4 is 5.14 Å².